The molecule has 0 saturated heterocycles. The summed E-state index contributed by atoms with van der Waals surface area (Å²) < 4.78 is 1.01. The van der Waals surface area contributed by atoms with E-state index in [1.807, 2.05) is 24.3 Å². The molecule has 0 heterocycles. The van der Waals surface area contributed by atoms with Gasteiger partial charge in [-0.1, -0.05) is 28.1 Å². The number of aliphatic hydroxyl groups is 1. The lowest BCUT2D eigenvalue weighted by Crippen LogP contribution is -2.35. The standard InChI is InChI=1S/C13H16BrNO2/c1-15(12(17)13(9-16)5-6-13)8-10-3-2-4-11(14)7-10/h2-4,7,16H,5-6,8-9H2,1H3. The minimum Gasteiger partial charge on any atom is -0.395 e. The second kappa shape index (κ2) is 4.78. The third kappa shape index (κ3) is 2.69. The summed E-state index contributed by atoms with van der Waals surface area (Å²) in [6, 6.07) is 7.91. The smallest absolute Gasteiger partial charge is 0.231 e. The summed E-state index contributed by atoms with van der Waals surface area (Å²) >= 11 is 3.41. The van der Waals surface area contributed by atoms with Crippen LogP contribution >= 0.6 is 15.9 Å². The molecule has 0 unspecified atom stereocenters. The zero-order valence-corrected chi connectivity index (χ0v) is 11.4. The largest absolute Gasteiger partial charge is 0.395 e. The molecule has 4 heteroatoms. The Labute approximate surface area is 110 Å². The van der Waals surface area contributed by atoms with E-state index >= 15 is 0 Å². The maximum atomic E-state index is 12.1. The van der Waals surface area contributed by atoms with Gasteiger partial charge >= 0.3 is 0 Å². The van der Waals surface area contributed by atoms with Crippen molar-refractivity contribution in [2.75, 3.05) is 13.7 Å². The van der Waals surface area contributed by atoms with Crippen LogP contribution < -0.4 is 0 Å². The summed E-state index contributed by atoms with van der Waals surface area (Å²) in [6.07, 6.45) is 1.62. The van der Waals surface area contributed by atoms with Crippen LogP contribution in [0.4, 0.5) is 0 Å². The molecule has 1 saturated carbocycles. The highest BCUT2D eigenvalue weighted by Crippen LogP contribution is 2.46. The van der Waals surface area contributed by atoms with E-state index in [1.165, 1.54) is 0 Å². The fourth-order valence-corrected chi connectivity index (χ4v) is 2.42. The number of nitrogens with zero attached hydrogens (tertiary/aromatic N) is 1. The topological polar surface area (TPSA) is 40.5 Å². The predicted molar refractivity (Wildman–Crippen MR) is 69.4 cm³/mol. The maximum Gasteiger partial charge on any atom is 0.231 e. The van der Waals surface area contributed by atoms with Crippen molar-refractivity contribution < 1.29 is 9.90 Å². The maximum absolute atomic E-state index is 12.1. The van der Waals surface area contributed by atoms with Crippen molar-refractivity contribution in [3.8, 4) is 0 Å². The van der Waals surface area contributed by atoms with Crippen LogP contribution in [0, 0.1) is 5.41 Å². The number of amides is 1. The first-order chi connectivity index (χ1) is 8.07. The molecule has 0 spiro atoms. The first kappa shape index (κ1) is 12.6. The molecular formula is C13H16BrNO2. The summed E-state index contributed by atoms with van der Waals surface area (Å²) in [5.41, 5.74) is 0.616. The highest BCUT2D eigenvalue weighted by atomic mass is 79.9. The van der Waals surface area contributed by atoms with Crippen molar-refractivity contribution in [1.82, 2.24) is 4.90 Å². The Kier molecular flexibility index (Phi) is 3.54. The van der Waals surface area contributed by atoms with Crippen LogP contribution in [0.25, 0.3) is 0 Å². The van der Waals surface area contributed by atoms with E-state index in [2.05, 4.69) is 15.9 Å². The highest BCUT2D eigenvalue weighted by Gasteiger charge is 2.50. The van der Waals surface area contributed by atoms with Gasteiger partial charge < -0.3 is 10.0 Å². The second-order valence-electron chi connectivity index (χ2n) is 4.73. The Morgan fingerprint density at radius 1 is 1.53 bits per heavy atom. The van der Waals surface area contributed by atoms with E-state index in [9.17, 15) is 9.90 Å². The second-order valence-corrected chi connectivity index (χ2v) is 5.65. The van der Waals surface area contributed by atoms with Gasteiger partial charge in [-0.15, -0.1) is 0 Å². The fraction of sp³-hybridized carbons (Fsp3) is 0.462. The van der Waals surface area contributed by atoms with Gasteiger partial charge in [0.2, 0.25) is 5.91 Å². The Bertz CT molecular complexity index is 429. The summed E-state index contributed by atoms with van der Waals surface area (Å²) in [7, 11) is 1.79. The molecule has 17 heavy (non-hydrogen) atoms. The lowest BCUT2D eigenvalue weighted by molar-refractivity contribution is -0.137. The zero-order valence-electron chi connectivity index (χ0n) is 9.82. The summed E-state index contributed by atoms with van der Waals surface area (Å²) in [5, 5.41) is 9.23. The predicted octanol–water partition coefficient (Wildman–Crippen LogP) is 2.18. The molecule has 1 fully saturated rings. The molecule has 1 aliphatic rings. The highest BCUT2D eigenvalue weighted by molar-refractivity contribution is 9.10. The zero-order chi connectivity index (χ0) is 12.5. The summed E-state index contributed by atoms with van der Waals surface area (Å²) in [5.74, 6) is 0.0555. The summed E-state index contributed by atoms with van der Waals surface area (Å²) in [6.45, 7) is 0.550. The van der Waals surface area contributed by atoms with Gasteiger partial charge in [0.1, 0.15) is 0 Å². The molecule has 0 aliphatic heterocycles. The number of carbonyl (C=O) groups excluding carboxylic acids is 1. The van der Waals surface area contributed by atoms with E-state index in [0.717, 1.165) is 22.9 Å². The first-order valence-electron chi connectivity index (χ1n) is 5.68. The van der Waals surface area contributed by atoms with Crippen LogP contribution in [0.1, 0.15) is 18.4 Å². The molecule has 1 aromatic carbocycles. The van der Waals surface area contributed by atoms with Crippen LogP contribution in [-0.2, 0) is 11.3 Å². The molecule has 1 N–H and O–H groups in total. The van der Waals surface area contributed by atoms with Crippen molar-refractivity contribution in [3.05, 3.63) is 34.3 Å². The van der Waals surface area contributed by atoms with Gasteiger partial charge in [-0.05, 0) is 30.5 Å². The van der Waals surface area contributed by atoms with E-state index in [-0.39, 0.29) is 12.5 Å². The number of benzene rings is 1. The van der Waals surface area contributed by atoms with E-state index in [1.54, 1.807) is 11.9 Å². The minimum absolute atomic E-state index is 0.0331. The quantitative estimate of drug-likeness (QED) is 0.925. The van der Waals surface area contributed by atoms with Crippen molar-refractivity contribution in [3.63, 3.8) is 0 Å². The van der Waals surface area contributed by atoms with Gasteiger partial charge in [0.25, 0.3) is 0 Å². The molecule has 1 aliphatic carbocycles. The van der Waals surface area contributed by atoms with Crippen molar-refractivity contribution in [1.29, 1.82) is 0 Å². The molecule has 0 bridgehead atoms. The SMILES string of the molecule is CN(Cc1cccc(Br)c1)C(=O)C1(CO)CC1. The van der Waals surface area contributed by atoms with E-state index < -0.39 is 5.41 Å². The molecule has 0 radical (unpaired) electrons. The van der Waals surface area contributed by atoms with Gasteiger partial charge in [-0.25, -0.2) is 0 Å². The van der Waals surface area contributed by atoms with Crippen LogP contribution in [-0.4, -0.2) is 29.6 Å². The first-order valence-corrected chi connectivity index (χ1v) is 6.47. The average Bonchev–Trinajstić information content (AvgIpc) is 3.09. The number of aliphatic hydroxyl groups excluding tert-OH is 1. The van der Waals surface area contributed by atoms with Gasteiger partial charge in [0.05, 0.1) is 12.0 Å². The van der Waals surface area contributed by atoms with Gasteiger partial charge in [0, 0.05) is 18.1 Å². The average molecular weight is 298 g/mol. The number of rotatable bonds is 4. The van der Waals surface area contributed by atoms with Crippen molar-refractivity contribution in [2.45, 2.75) is 19.4 Å². The Morgan fingerprint density at radius 3 is 2.76 bits per heavy atom. The number of hydrogen-bond donors (Lipinski definition) is 1. The molecule has 2 rings (SSSR count). The fourth-order valence-electron chi connectivity index (χ4n) is 1.98. The molecular weight excluding hydrogens is 282 g/mol. The van der Waals surface area contributed by atoms with Crippen molar-refractivity contribution in [2.24, 2.45) is 5.41 Å². The summed E-state index contributed by atoms with van der Waals surface area (Å²) in [4.78, 5) is 13.8. The van der Waals surface area contributed by atoms with E-state index in [0.29, 0.717) is 6.54 Å². The molecule has 3 nitrogen and oxygen atoms in total. The molecule has 0 aromatic heterocycles. The number of halogens is 1. The molecule has 0 atom stereocenters. The lowest BCUT2D eigenvalue weighted by Gasteiger charge is -2.22. The third-order valence-electron chi connectivity index (χ3n) is 3.27. The normalized spacial score (nSPS) is 16.6. The van der Waals surface area contributed by atoms with Gasteiger partial charge in [-0.3, -0.25) is 4.79 Å². The van der Waals surface area contributed by atoms with Crippen LogP contribution in [0.15, 0.2) is 28.7 Å². The van der Waals surface area contributed by atoms with E-state index in [4.69, 9.17) is 0 Å². The van der Waals surface area contributed by atoms with Gasteiger partial charge in [-0.2, -0.15) is 0 Å². The molecule has 92 valence electrons. The molecule has 1 aromatic rings. The van der Waals surface area contributed by atoms with Crippen LogP contribution in [0.3, 0.4) is 0 Å². The Morgan fingerprint density at radius 2 is 2.24 bits per heavy atom. The third-order valence-corrected chi connectivity index (χ3v) is 3.76. The monoisotopic (exact) mass is 297 g/mol. The van der Waals surface area contributed by atoms with Gasteiger partial charge in [0.15, 0.2) is 0 Å². The van der Waals surface area contributed by atoms with Crippen LogP contribution in [0.5, 0.6) is 0 Å². The number of carbonyl (C=O) groups is 1. The Hall–Kier alpha value is -0.870. The lowest BCUT2D eigenvalue weighted by atomic mass is 10.1. The minimum atomic E-state index is -0.471. The molecule has 1 amide bonds. The van der Waals surface area contributed by atoms with Crippen molar-refractivity contribution >= 4 is 21.8 Å². The Balaban J connectivity index is 2.02. The van der Waals surface area contributed by atoms with Crippen LogP contribution in [0.2, 0.25) is 0 Å². The number of hydrogen-bond acceptors (Lipinski definition) is 2.